The van der Waals surface area contributed by atoms with Crippen molar-refractivity contribution in [1.29, 1.82) is 0 Å². The molecule has 0 aliphatic carbocycles. The molecule has 0 saturated heterocycles. The first-order chi connectivity index (χ1) is 11.4. The lowest BCUT2D eigenvalue weighted by Gasteiger charge is -2.16. The van der Waals surface area contributed by atoms with E-state index in [9.17, 15) is 9.59 Å². The van der Waals surface area contributed by atoms with Gasteiger partial charge in [0.2, 0.25) is 11.8 Å². The van der Waals surface area contributed by atoms with Gasteiger partial charge in [0.1, 0.15) is 0 Å². The monoisotopic (exact) mass is 365 g/mol. The second kappa shape index (κ2) is 8.68. The first-order valence-corrected chi connectivity index (χ1v) is 7.97. The summed E-state index contributed by atoms with van der Waals surface area (Å²) in [5.74, 6) is -0.453. The second-order valence-corrected chi connectivity index (χ2v) is 6.16. The molecule has 0 aliphatic rings. The Morgan fingerprint density at radius 3 is 1.67 bits per heavy atom. The zero-order valence-corrected chi connectivity index (χ0v) is 14.6. The molecular weight excluding hydrogens is 349 g/mol. The summed E-state index contributed by atoms with van der Waals surface area (Å²) in [7, 11) is 1.69. The van der Waals surface area contributed by atoms with Crippen LogP contribution in [0.3, 0.4) is 0 Å². The lowest BCUT2D eigenvalue weighted by atomic mass is 10.3. The van der Waals surface area contributed by atoms with Crippen LogP contribution >= 0.6 is 23.2 Å². The topological polar surface area (TPSA) is 61.4 Å². The van der Waals surface area contributed by atoms with Crippen molar-refractivity contribution in [1.82, 2.24) is 4.90 Å². The molecular formula is C17H17Cl2N3O2. The van der Waals surface area contributed by atoms with E-state index in [0.29, 0.717) is 21.4 Å². The number of nitrogens with zero attached hydrogens (tertiary/aromatic N) is 1. The first kappa shape index (κ1) is 18.3. The number of carbonyl (C=O) groups excluding carboxylic acids is 2. The van der Waals surface area contributed by atoms with Gasteiger partial charge in [0.05, 0.1) is 13.1 Å². The Morgan fingerprint density at radius 2 is 1.29 bits per heavy atom. The van der Waals surface area contributed by atoms with Gasteiger partial charge in [0, 0.05) is 21.4 Å². The van der Waals surface area contributed by atoms with Crippen molar-refractivity contribution in [2.45, 2.75) is 0 Å². The summed E-state index contributed by atoms with van der Waals surface area (Å²) in [6, 6.07) is 13.8. The summed E-state index contributed by atoms with van der Waals surface area (Å²) in [6.45, 7) is 0.158. The number of likely N-dealkylation sites (N-methyl/N-ethyl adjacent to an activating group) is 1. The highest BCUT2D eigenvalue weighted by atomic mass is 35.5. The van der Waals surface area contributed by atoms with Gasteiger partial charge in [-0.2, -0.15) is 0 Å². The van der Waals surface area contributed by atoms with Crippen LogP contribution in [0.4, 0.5) is 11.4 Å². The fourth-order valence-electron chi connectivity index (χ4n) is 2.08. The van der Waals surface area contributed by atoms with E-state index < -0.39 is 0 Å². The van der Waals surface area contributed by atoms with E-state index in [1.54, 1.807) is 60.5 Å². The molecule has 0 saturated carbocycles. The van der Waals surface area contributed by atoms with Crippen LogP contribution in [0.1, 0.15) is 0 Å². The van der Waals surface area contributed by atoms with Gasteiger partial charge >= 0.3 is 0 Å². The van der Waals surface area contributed by atoms with Gasteiger partial charge < -0.3 is 10.6 Å². The maximum absolute atomic E-state index is 12.0. The van der Waals surface area contributed by atoms with E-state index in [0.717, 1.165) is 0 Å². The van der Waals surface area contributed by atoms with Gasteiger partial charge in [-0.05, 0) is 43.4 Å². The van der Waals surface area contributed by atoms with Crippen LogP contribution in [-0.2, 0) is 9.59 Å². The molecule has 2 rings (SSSR count). The molecule has 0 radical (unpaired) electrons. The second-order valence-electron chi connectivity index (χ2n) is 5.29. The predicted molar refractivity (Wildman–Crippen MR) is 97.7 cm³/mol. The third-order valence-electron chi connectivity index (χ3n) is 3.04. The van der Waals surface area contributed by atoms with E-state index in [1.807, 2.05) is 0 Å². The van der Waals surface area contributed by atoms with E-state index >= 15 is 0 Å². The lowest BCUT2D eigenvalue weighted by Crippen LogP contribution is -2.36. The van der Waals surface area contributed by atoms with Crippen molar-refractivity contribution >= 4 is 46.4 Å². The maximum atomic E-state index is 12.0. The number of halogens is 2. The highest BCUT2D eigenvalue weighted by Gasteiger charge is 2.11. The Balaban J connectivity index is 1.80. The van der Waals surface area contributed by atoms with E-state index in [1.165, 1.54) is 0 Å². The van der Waals surface area contributed by atoms with E-state index in [2.05, 4.69) is 10.6 Å². The van der Waals surface area contributed by atoms with Crippen LogP contribution < -0.4 is 10.6 Å². The molecule has 5 nitrogen and oxygen atoms in total. The molecule has 0 heterocycles. The third-order valence-corrected chi connectivity index (χ3v) is 3.51. The van der Waals surface area contributed by atoms with Crippen molar-refractivity contribution in [3.05, 3.63) is 58.6 Å². The molecule has 24 heavy (non-hydrogen) atoms. The smallest absolute Gasteiger partial charge is 0.238 e. The molecule has 0 aliphatic heterocycles. The van der Waals surface area contributed by atoms with Crippen molar-refractivity contribution in [3.63, 3.8) is 0 Å². The van der Waals surface area contributed by atoms with Crippen LogP contribution in [0.25, 0.3) is 0 Å². The minimum Gasteiger partial charge on any atom is -0.325 e. The number of hydrogen-bond acceptors (Lipinski definition) is 3. The summed E-state index contributed by atoms with van der Waals surface area (Å²) in [5, 5.41) is 6.55. The molecule has 0 atom stereocenters. The molecule has 0 spiro atoms. The van der Waals surface area contributed by atoms with Gasteiger partial charge in [-0.25, -0.2) is 0 Å². The van der Waals surface area contributed by atoms with Gasteiger partial charge in [-0.3, -0.25) is 14.5 Å². The molecule has 0 fully saturated rings. The first-order valence-electron chi connectivity index (χ1n) is 7.22. The normalized spacial score (nSPS) is 10.5. The Morgan fingerprint density at radius 1 is 0.875 bits per heavy atom. The summed E-state index contributed by atoms with van der Waals surface area (Å²) < 4.78 is 0. The van der Waals surface area contributed by atoms with Gasteiger partial charge in [0.25, 0.3) is 0 Å². The number of rotatable bonds is 6. The molecule has 126 valence electrons. The number of anilines is 2. The van der Waals surface area contributed by atoms with Crippen molar-refractivity contribution in [2.24, 2.45) is 0 Å². The molecule has 0 bridgehead atoms. The third kappa shape index (κ3) is 6.20. The van der Waals surface area contributed by atoms with Crippen LogP contribution in [0.15, 0.2) is 48.5 Å². The quantitative estimate of drug-likeness (QED) is 0.823. The molecule has 2 N–H and O–H groups in total. The Bertz CT molecular complexity index is 676. The molecule has 2 aromatic carbocycles. The number of carbonyl (C=O) groups is 2. The minimum atomic E-state index is -0.227. The molecule has 2 amide bonds. The average molecular weight is 366 g/mol. The van der Waals surface area contributed by atoms with Crippen molar-refractivity contribution in [2.75, 3.05) is 30.8 Å². The predicted octanol–water partition coefficient (Wildman–Crippen LogP) is 3.50. The van der Waals surface area contributed by atoms with Crippen LogP contribution in [0, 0.1) is 0 Å². The number of nitrogens with one attached hydrogen (secondary N) is 2. The Labute approximate surface area is 150 Å². The van der Waals surface area contributed by atoms with Gasteiger partial charge in [-0.1, -0.05) is 35.3 Å². The van der Waals surface area contributed by atoms with Gasteiger partial charge in [-0.15, -0.1) is 0 Å². The van der Waals surface area contributed by atoms with Crippen LogP contribution in [0.5, 0.6) is 0 Å². The van der Waals surface area contributed by atoms with Gasteiger partial charge in [0.15, 0.2) is 0 Å². The fraction of sp³-hybridized carbons (Fsp3) is 0.176. The SMILES string of the molecule is CN(CC(=O)Nc1cccc(Cl)c1)CC(=O)Nc1cccc(Cl)c1. The Hall–Kier alpha value is -2.08. The maximum Gasteiger partial charge on any atom is 0.238 e. The molecule has 2 aromatic rings. The Kier molecular flexibility index (Phi) is 6.61. The van der Waals surface area contributed by atoms with Crippen molar-refractivity contribution in [3.8, 4) is 0 Å². The number of benzene rings is 2. The van der Waals surface area contributed by atoms with Crippen LogP contribution in [0.2, 0.25) is 10.0 Å². The summed E-state index contributed by atoms with van der Waals surface area (Å²) >= 11 is 11.7. The minimum absolute atomic E-state index is 0.0788. The molecule has 7 heteroatoms. The molecule has 0 aromatic heterocycles. The zero-order valence-electron chi connectivity index (χ0n) is 13.1. The van der Waals surface area contributed by atoms with Crippen LogP contribution in [-0.4, -0.2) is 36.9 Å². The lowest BCUT2D eigenvalue weighted by molar-refractivity contribution is -0.119. The summed E-state index contributed by atoms with van der Waals surface area (Å²) in [5.41, 5.74) is 1.23. The largest absolute Gasteiger partial charge is 0.325 e. The standard InChI is InChI=1S/C17H17Cl2N3O2/c1-22(10-16(23)20-14-6-2-4-12(18)8-14)11-17(24)21-15-7-3-5-13(19)9-15/h2-9H,10-11H2,1H3,(H,20,23)(H,21,24). The van der Waals surface area contributed by atoms with Crippen molar-refractivity contribution < 1.29 is 9.59 Å². The number of amides is 2. The average Bonchev–Trinajstić information content (AvgIpc) is 2.46. The summed E-state index contributed by atoms with van der Waals surface area (Å²) in [4.78, 5) is 25.6. The highest BCUT2D eigenvalue weighted by Crippen LogP contribution is 2.15. The highest BCUT2D eigenvalue weighted by molar-refractivity contribution is 6.31. The fourth-order valence-corrected chi connectivity index (χ4v) is 2.46. The van der Waals surface area contributed by atoms with E-state index in [4.69, 9.17) is 23.2 Å². The number of hydrogen-bond donors (Lipinski definition) is 2. The van der Waals surface area contributed by atoms with E-state index in [-0.39, 0.29) is 24.9 Å². The molecule has 0 unspecified atom stereocenters. The summed E-state index contributed by atoms with van der Waals surface area (Å²) in [6.07, 6.45) is 0. The zero-order chi connectivity index (χ0) is 17.5.